The fourth-order valence-electron chi connectivity index (χ4n) is 2.45. The molecule has 0 saturated carbocycles. The van der Waals surface area contributed by atoms with Crippen LogP contribution in [0.25, 0.3) is 0 Å². The Bertz CT molecular complexity index is 751. The van der Waals surface area contributed by atoms with Crippen LogP contribution in [-0.4, -0.2) is 50.4 Å². The first-order valence-corrected chi connectivity index (χ1v) is 7.03. The summed E-state index contributed by atoms with van der Waals surface area (Å²) < 4.78 is 5.67. The summed E-state index contributed by atoms with van der Waals surface area (Å²) >= 11 is 0. The van der Waals surface area contributed by atoms with Crippen LogP contribution in [0.3, 0.4) is 0 Å². The third-order valence-corrected chi connectivity index (χ3v) is 3.48. The van der Waals surface area contributed by atoms with E-state index in [1.807, 2.05) is 6.92 Å². The van der Waals surface area contributed by atoms with Gasteiger partial charge in [-0.2, -0.15) is 4.98 Å². The van der Waals surface area contributed by atoms with Crippen molar-refractivity contribution in [1.82, 2.24) is 24.8 Å². The molecule has 1 amide bonds. The van der Waals surface area contributed by atoms with Crippen LogP contribution in [0.4, 0.5) is 0 Å². The predicted octanol–water partition coefficient (Wildman–Crippen LogP) is 0.324. The van der Waals surface area contributed by atoms with E-state index in [1.54, 1.807) is 24.1 Å². The zero-order chi connectivity index (χ0) is 15.7. The fraction of sp³-hybridized carbons (Fsp3) is 0.429. The number of carbonyl (C=O) groups excluding carboxylic acids is 1. The number of amides is 1. The highest BCUT2D eigenvalue weighted by molar-refractivity contribution is 5.92. The average Bonchev–Trinajstić information content (AvgIpc) is 2.92. The minimum Gasteiger partial charge on any atom is -0.367 e. The van der Waals surface area contributed by atoms with Gasteiger partial charge in [0.15, 0.2) is 0 Å². The summed E-state index contributed by atoms with van der Waals surface area (Å²) in [4.78, 5) is 39.2. The van der Waals surface area contributed by atoms with Crippen molar-refractivity contribution in [2.24, 2.45) is 0 Å². The summed E-state index contributed by atoms with van der Waals surface area (Å²) in [6, 6.07) is 1.57. The number of morpholine rings is 1. The van der Waals surface area contributed by atoms with Gasteiger partial charge in [0.05, 0.1) is 13.2 Å². The number of nitrogens with one attached hydrogen (secondary N) is 2. The first-order chi connectivity index (χ1) is 10.5. The quantitative estimate of drug-likeness (QED) is 0.831. The van der Waals surface area contributed by atoms with E-state index in [2.05, 4.69) is 19.9 Å². The first kappa shape index (κ1) is 14.5. The predicted molar refractivity (Wildman–Crippen MR) is 77.5 cm³/mol. The molecule has 2 aromatic heterocycles. The zero-order valence-electron chi connectivity index (χ0n) is 12.4. The number of imidazole rings is 1. The molecule has 1 unspecified atom stereocenters. The van der Waals surface area contributed by atoms with Crippen molar-refractivity contribution in [2.45, 2.75) is 20.0 Å². The second-order valence-electron chi connectivity index (χ2n) is 5.32. The number of carbonyl (C=O) groups is 1. The van der Waals surface area contributed by atoms with Crippen LogP contribution in [0, 0.1) is 13.8 Å². The Hall–Kier alpha value is -2.48. The Morgan fingerprint density at radius 2 is 2.18 bits per heavy atom. The van der Waals surface area contributed by atoms with E-state index in [-0.39, 0.29) is 17.7 Å². The zero-order valence-corrected chi connectivity index (χ0v) is 12.4. The molecule has 3 heterocycles. The summed E-state index contributed by atoms with van der Waals surface area (Å²) in [6.45, 7) is 4.87. The topological polar surface area (TPSA) is 104 Å². The van der Waals surface area contributed by atoms with Crippen LogP contribution in [0.5, 0.6) is 0 Å². The molecule has 0 aromatic carbocycles. The van der Waals surface area contributed by atoms with Crippen LogP contribution in [-0.2, 0) is 4.74 Å². The van der Waals surface area contributed by atoms with E-state index in [4.69, 9.17) is 4.74 Å². The van der Waals surface area contributed by atoms with Gasteiger partial charge in [-0.15, -0.1) is 0 Å². The molecule has 8 heteroatoms. The normalized spacial score (nSPS) is 18.5. The number of aryl methyl sites for hydroxylation is 2. The monoisotopic (exact) mass is 303 g/mol. The molecule has 1 aliphatic heterocycles. The number of aromatic nitrogens is 4. The van der Waals surface area contributed by atoms with Crippen LogP contribution in [0.2, 0.25) is 0 Å². The number of H-pyrrole nitrogens is 2. The number of aromatic amines is 2. The third kappa shape index (κ3) is 2.91. The highest BCUT2D eigenvalue weighted by atomic mass is 16.5. The fourth-order valence-corrected chi connectivity index (χ4v) is 2.45. The van der Waals surface area contributed by atoms with Crippen molar-refractivity contribution < 1.29 is 9.53 Å². The Balaban J connectivity index is 1.79. The summed E-state index contributed by atoms with van der Waals surface area (Å²) in [5.41, 5.74) is 1.18. The standard InChI is InChI=1S/C14H17N5O3/c1-8-5-10(18-14(21)17-8)13(20)19-3-4-22-11(7-19)12-15-6-9(2)16-12/h5-6,11H,3-4,7H2,1-2H3,(H,15,16)(H,17,18,21). The largest absolute Gasteiger partial charge is 0.367 e. The van der Waals surface area contributed by atoms with Gasteiger partial charge in [0, 0.05) is 24.1 Å². The summed E-state index contributed by atoms with van der Waals surface area (Å²) in [5, 5.41) is 0. The lowest BCUT2D eigenvalue weighted by atomic mass is 10.2. The molecule has 0 spiro atoms. The Labute approximate surface area is 126 Å². The van der Waals surface area contributed by atoms with E-state index in [9.17, 15) is 9.59 Å². The first-order valence-electron chi connectivity index (χ1n) is 7.03. The maximum absolute atomic E-state index is 12.5. The van der Waals surface area contributed by atoms with E-state index < -0.39 is 5.69 Å². The lowest BCUT2D eigenvalue weighted by Gasteiger charge is -2.31. The lowest BCUT2D eigenvalue weighted by Crippen LogP contribution is -2.43. The molecule has 0 aliphatic carbocycles. The molecule has 2 N–H and O–H groups in total. The maximum atomic E-state index is 12.5. The molecule has 1 saturated heterocycles. The van der Waals surface area contributed by atoms with Crippen LogP contribution in [0.1, 0.15) is 33.8 Å². The third-order valence-electron chi connectivity index (χ3n) is 3.48. The Morgan fingerprint density at radius 1 is 1.36 bits per heavy atom. The molecule has 3 rings (SSSR count). The maximum Gasteiger partial charge on any atom is 0.345 e. The minimum atomic E-state index is -0.519. The summed E-state index contributed by atoms with van der Waals surface area (Å²) in [6.07, 6.45) is 1.43. The second-order valence-corrected chi connectivity index (χ2v) is 5.32. The van der Waals surface area contributed by atoms with E-state index >= 15 is 0 Å². The second kappa shape index (κ2) is 5.72. The van der Waals surface area contributed by atoms with Gasteiger partial charge in [-0.1, -0.05) is 0 Å². The summed E-state index contributed by atoms with van der Waals surface area (Å²) in [7, 11) is 0. The molecule has 1 atom stereocenters. The van der Waals surface area contributed by atoms with Crippen LogP contribution < -0.4 is 5.69 Å². The van der Waals surface area contributed by atoms with Gasteiger partial charge < -0.3 is 19.6 Å². The molecule has 116 valence electrons. The molecule has 1 fully saturated rings. The molecular weight excluding hydrogens is 286 g/mol. The molecule has 8 nitrogen and oxygen atoms in total. The van der Waals surface area contributed by atoms with Crippen LogP contribution in [0.15, 0.2) is 17.1 Å². The van der Waals surface area contributed by atoms with Crippen molar-refractivity contribution in [2.75, 3.05) is 19.7 Å². The number of nitrogens with zero attached hydrogens (tertiary/aromatic N) is 3. The van der Waals surface area contributed by atoms with Gasteiger partial charge in [0.1, 0.15) is 17.6 Å². The molecule has 0 bridgehead atoms. The van der Waals surface area contributed by atoms with Gasteiger partial charge in [0.25, 0.3) is 5.91 Å². The van der Waals surface area contributed by atoms with Gasteiger partial charge >= 0.3 is 5.69 Å². The van der Waals surface area contributed by atoms with Crippen molar-refractivity contribution in [3.63, 3.8) is 0 Å². The van der Waals surface area contributed by atoms with E-state index in [0.29, 0.717) is 31.2 Å². The number of rotatable bonds is 2. The molecule has 22 heavy (non-hydrogen) atoms. The lowest BCUT2D eigenvalue weighted by molar-refractivity contribution is -0.0266. The van der Waals surface area contributed by atoms with E-state index in [0.717, 1.165) is 5.69 Å². The van der Waals surface area contributed by atoms with Gasteiger partial charge in [-0.3, -0.25) is 4.79 Å². The van der Waals surface area contributed by atoms with Crippen molar-refractivity contribution >= 4 is 5.91 Å². The molecule has 1 aliphatic rings. The van der Waals surface area contributed by atoms with Crippen molar-refractivity contribution in [1.29, 1.82) is 0 Å². The van der Waals surface area contributed by atoms with Gasteiger partial charge in [-0.25, -0.2) is 9.78 Å². The average molecular weight is 303 g/mol. The van der Waals surface area contributed by atoms with E-state index in [1.165, 1.54) is 0 Å². The highest BCUT2D eigenvalue weighted by Crippen LogP contribution is 2.20. The number of ether oxygens (including phenoxy) is 1. The molecule has 2 aromatic rings. The number of hydrogen-bond acceptors (Lipinski definition) is 5. The number of hydrogen-bond donors (Lipinski definition) is 2. The Morgan fingerprint density at radius 3 is 2.86 bits per heavy atom. The highest BCUT2D eigenvalue weighted by Gasteiger charge is 2.28. The molecular formula is C14H17N5O3. The SMILES string of the molecule is Cc1cnc(C2CN(C(=O)c3cc(C)[nH]c(=O)n3)CCO2)[nH]1. The van der Waals surface area contributed by atoms with Crippen molar-refractivity contribution in [3.8, 4) is 0 Å². The molecule has 0 radical (unpaired) electrons. The van der Waals surface area contributed by atoms with Crippen molar-refractivity contribution in [3.05, 3.63) is 45.7 Å². The smallest absolute Gasteiger partial charge is 0.345 e. The van der Waals surface area contributed by atoms with Gasteiger partial charge in [0.2, 0.25) is 0 Å². The Kier molecular flexibility index (Phi) is 3.76. The van der Waals surface area contributed by atoms with Crippen LogP contribution >= 0.6 is 0 Å². The van der Waals surface area contributed by atoms with Gasteiger partial charge in [-0.05, 0) is 19.9 Å². The summed E-state index contributed by atoms with van der Waals surface area (Å²) in [5.74, 6) is 0.427. The minimum absolute atomic E-state index is 0.150.